The molecule has 0 aliphatic heterocycles. The predicted molar refractivity (Wildman–Crippen MR) is 52.5 cm³/mol. The molecule has 72 valence electrons. The van der Waals surface area contributed by atoms with Crippen LogP contribution in [0.5, 0.6) is 0 Å². The summed E-state index contributed by atoms with van der Waals surface area (Å²) < 4.78 is 11.0. The first-order valence-electron chi connectivity index (χ1n) is 3.74. The van der Waals surface area contributed by atoms with Crippen LogP contribution in [0.4, 0.5) is 0 Å². The number of benzene rings is 1. The van der Waals surface area contributed by atoms with Crippen LogP contribution in [0.15, 0.2) is 30.3 Å². The quantitative estimate of drug-likeness (QED) is 0.413. The van der Waals surface area contributed by atoms with Gasteiger partial charge in [0.15, 0.2) is 0 Å². The lowest BCUT2D eigenvalue weighted by Crippen LogP contribution is -2.31. The van der Waals surface area contributed by atoms with Crippen molar-refractivity contribution < 1.29 is 4.57 Å². The van der Waals surface area contributed by atoms with Gasteiger partial charge in [-0.15, -0.1) is 0 Å². The third kappa shape index (κ3) is 3.67. The van der Waals surface area contributed by atoms with E-state index in [1.54, 1.807) is 12.1 Å². The van der Waals surface area contributed by atoms with Gasteiger partial charge < -0.3 is 5.73 Å². The highest BCUT2D eigenvalue weighted by atomic mass is 31.2. The van der Waals surface area contributed by atoms with E-state index < -0.39 is 13.8 Å². The van der Waals surface area contributed by atoms with Crippen LogP contribution in [0.1, 0.15) is 11.7 Å². The molecule has 0 aromatic heterocycles. The summed E-state index contributed by atoms with van der Waals surface area (Å²) in [5.74, 6) is 0. The Morgan fingerprint density at radius 2 is 1.77 bits per heavy atom. The average Bonchev–Trinajstić information content (AvgIpc) is 2.03. The van der Waals surface area contributed by atoms with E-state index in [-0.39, 0.29) is 0 Å². The molecule has 0 amide bonds. The standard InChI is InChI=1S/C7H13N4OP/c8-7(11-13(9,10)12)6-4-2-1-3-5-6/h1-5,7H,8H2,(H5,9,10,11,12). The molecule has 1 aromatic carbocycles. The van der Waals surface area contributed by atoms with E-state index in [4.69, 9.17) is 16.7 Å². The summed E-state index contributed by atoms with van der Waals surface area (Å²) in [6, 6.07) is 9.12. The Hall–Kier alpha value is -0.710. The molecule has 0 fully saturated rings. The van der Waals surface area contributed by atoms with Crippen LogP contribution in [-0.2, 0) is 4.57 Å². The molecule has 0 saturated heterocycles. The Morgan fingerprint density at radius 1 is 1.23 bits per heavy atom. The van der Waals surface area contributed by atoms with E-state index in [0.717, 1.165) is 5.56 Å². The van der Waals surface area contributed by atoms with Crippen molar-refractivity contribution in [1.29, 1.82) is 0 Å². The zero-order valence-electron chi connectivity index (χ0n) is 7.05. The van der Waals surface area contributed by atoms with Gasteiger partial charge in [0.25, 0.3) is 7.59 Å². The number of nitrogens with two attached hydrogens (primary N) is 3. The fourth-order valence-corrected chi connectivity index (χ4v) is 1.54. The normalized spacial score (nSPS) is 14.1. The lowest BCUT2D eigenvalue weighted by atomic mass is 10.2. The molecule has 1 aromatic rings. The molecule has 0 aliphatic rings. The Balaban J connectivity index is 2.70. The molecule has 7 N–H and O–H groups in total. The first-order valence-corrected chi connectivity index (χ1v) is 5.59. The van der Waals surface area contributed by atoms with Crippen molar-refractivity contribution in [3.63, 3.8) is 0 Å². The SMILES string of the molecule is NC(NP(N)(N)=O)c1ccccc1. The smallest absolute Gasteiger partial charge is 0.275 e. The van der Waals surface area contributed by atoms with Crippen LogP contribution in [0.3, 0.4) is 0 Å². The van der Waals surface area contributed by atoms with Gasteiger partial charge in [-0.2, -0.15) is 0 Å². The number of hydrogen-bond donors (Lipinski definition) is 4. The summed E-state index contributed by atoms with van der Waals surface area (Å²) in [4.78, 5) is 0. The second-order valence-electron chi connectivity index (χ2n) is 2.73. The molecule has 1 rings (SSSR count). The largest absolute Gasteiger partial charge is 0.312 e. The van der Waals surface area contributed by atoms with Gasteiger partial charge in [0.2, 0.25) is 0 Å². The molecule has 0 saturated carbocycles. The molecule has 0 radical (unpaired) electrons. The van der Waals surface area contributed by atoms with Crippen molar-refractivity contribution in [3.8, 4) is 0 Å². The van der Waals surface area contributed by atoms with Gasteiger partial charge in [0.05, 0.1) is 6.17 Å². The van der Waals surface area contributed by atoms with Crippen molar-refractivity contribution in [2.24, 2.45) is 16.7 Å². The maximum absolute atomic E-state index is 11.0. The van der Waals surface area contributed by atoms with Crippen LogP contribution < -0.4 is 21.8 Å². The van der Waals surface area contributed by atoms with E-state index >= 15 is 0 Å². The van der Waals surface area contributed by atoms with Gasteiger partial charge in [-0.05, 0) is 5.56 Å². The average molecular weight is 200 g/mol. The highest BCUT2D eigenvalue weighted by Crippen LogP contribution is 2.22. The van der Waals surface area contributed by atoms with Gasteiger partial charge >= 0.3 is 0 Å². The number of nitrogens with one attached hydrogen (secondary N) is 1. The van der Waals surface area contributed by atoms with Crippen molar-refractivity contribution in [3.05, 3.63) is 35.9 Å². The van der Waals surface area contributed by atoms with Crippen molar-refractivity contribution in [2.45, 2.75) is 6.17 Å². The van der Waals surface area contributed by atoms with Crippen LogP contribution in [0.2, 0.25) is 0 Å². The van der Waals surface area contributed by atoms with E-state index in [0.29, 0.717) is 0 Å². The third-order valence-corrected chi connectivity index (χ3v) is 2.18. The summed E-state index contributed by atoms with van der Waals surface area (Å²) in [7, 11) is -3.26. The maximum Gasteiger partial charge on any atom is 0.275 e. The molecule has 0 heterocycles. The first-order chi connectivity index (χ1) is 5.99. The fraction of sp³-hybridized carbons (Fsp3) is 0.143. The lowest BCUT2D eigenvalue weighted by Gasteiger charge is -2.16. The molecule has 13 heavy (non-hydrogen) atoms. The van der Waals surface area contributed by atoms with E-state index in [9.17, 15) is 4.57 Å². The van der Waals surface area contributed by atoms with Gasteiger partial charge in [0.1, 0.15) is 0 Å². The summed E-state index contributed by atoms with van der Waals surface area (Å²) in [6.07, 6.45) is -0.595. The molecule has 6 heteroatoms. The van der Waals surface area contributed by atoms with Crippen molar-refractivity contribution in [1.82, 2.24) is 5.09 Å². The molecule has 1 atom stereocenters. The second-order valence-corrected chi connectivity index (χ2v) is 4.40. The minimum absolute atomic E-state index is 0.595. The fourth-order valence-electron chi connectivity index (χ4n) is 0.952. The van der Waals surface area contributed by atoms with Crippen LogP contribution in [0, 0.1) is 0 Å². The second kappa shape index (κ2) is 4.00. The summed E-state index contributed by atoms with van der Waals surface area (Å²) in [5, 5.41) is 2.42. The monoisotopic (exact) mass is 200 g/mol. The number of hydrogen-bond acceptors (Lipinski definition) is 2. The van der Waals surface area contributed by atoms with Crippen molar-refractivity contribution >= 4 is 7.59 Å². The maximum atomic E-state index is 11.0. The summed E-state index contributed by atoms with van der Waals surface area (Å²) in [6.45, 7) is 0. The Bertz CT molecular complexity index is 310. The molecule has 5 nitrogen and oxygen atoms in total. The Labute approximate surface area is 76.8 Å². The van der Waals surface area contributed by atoms with Gasteiger partial charge in [-0.3, -0.25) is 15.6 Å². The van der Waals surface area contributed by atoms with Crippen LogP contribution >= 0.6 is 7.59 Å². The molecule has 0 aliphatic carbocycles. The minimum Gasteiger partial charge on any atom is -0.312 e. The Kier molecular flexibility index (Phi) is 3.19. The van der Waals surface area contributed by atoms with Crippen LogP contribution in [-0.4, -0.2) is 0 Å². The predicted octanol–water partition coefficient (Wildman–Crippen LogP) is 0.259. The van der Waals surface area contributed by atoms with E-state index in [2.05, 4.69) is 5.09 Å². The molecule has 1 unspecified atom stereocenters. The highest BCUT2D eigenvalue weighted by Gasteiger charge is 2.13. The zero-order chi connectivity index (χ0) is 9.90. The molecule has 0 bridgehead atoms. The van der Waals surface area contributed by atoms with Crippen molar-refractivity contribution in [2.75, 3.05) is 0 Å². The third-order valence-electron chi connectivity index (χ3n) is 1.50. The molecular formula is C7H13N4OP. The first kappa shape index (κ1) is 10.4. The number of rotatable bonds is 3. The molecule has 0 spiro atoms. The minimum atomic E-state index is -3.26. The van der Waals surface area contributed by atoms with E-state index in [1.165, 1.54) is 0 Å². The zero-order valence-corrected chi connectivity index (χ0v) is 7.95. The summed E-state index contributed by atoms with van der Waals surface area (Å²) in [5.41, 5.74) is 16.7. The topological polar surface area (TPSA) is 107 Å². The van der Waals surface area contributed by atoms with E-state index in [1.807, 2.05) is 18.2 Å². The molecular weight excluding hydrogens is 187 g/mol. The summed E-state index contributed by atoms with van der Waals surface area (Å²) >= 11 is 0. The van der Waals surface area contributed by atoms with Gasteiger partial charge in [-0.1, -0.05) is 30.3 Å². The highest BCUT2D eigenvalue weighted by molar-refractivity contribution is 7.56. The van der Waals surface area contributed by atoms with Crippen LogP contribution in [0.25, 0.3) is 0 Å². The lowest BCUT2D eigenvalue weighted by molar-refractivity contribution is 0.552. The van der Waals surface area contributed by atoms with Gasteiger partial charge in [0, 0.05) is 0 Å². The van der Waals surface area contributed by atoms with Gasteiger partial charge in [-0.25, -0.2) is 5.09 Å². The Morgan fingerprint density at radius 3 is 2.23 bits per heavy atom.